The van der Waals surface area contributed by atoms with E-state index in [0.29, 0.717) is 16.6 Å². The van der Waals surface area contributed by atoms with Crippen LogP contribution in [0.15, 0.2) is 23.7 Å². The van der Waals surface area contributed by atoms with Gasteiger partial charge in [0.15, 0.2) is 0 Å². The van der Waals surface area contributed by atoms with Crippen molar-refractivity contribution in [2.45, 2.75) is 45.8 Å². The summed E-state index contributed by atoms with van der Waals surface area (Å²) in [6.07, 6.45) is 1.88. The fraction of sp³-hybridized carbons (Fsp3) is 0.471. The Labute approximate surface area is 153 Å². The van der Waals surface area contributed by atoms with Gasteiger partial charge in [-0.25, -0.2) is 0 Å². The Morgan fingerprint density at radius 2 is 1.62 bits per heavy atom. The molecule has 0 spiro atoms. The summed E-state index contributed by atoms with van der Waals surface area (Å²) in [7, 11) is -0.556. The van der Waals surface area contributed by atoms with Crippen molar-refractivity contribution < 1.29 is 14.1 Å². The van der Waals surface area contributed by atoms with Crippen LogP contribution in [0.25, 0.3) is 6.08 Å². The van der Waals surface area contributed by atoms with Crippen LogP contribution in [0.3, 0.4) is 0 Å². The van der Waals surface area contributed by atoms with Crippen molar-refractivity contribution in [2.75, 3.05) is 6.54 Å². The van der Waals surface area contributed by atoms with Gasteiger partial charge < -0.3 is 14.6 Å². The van der Waals surface area contributed by atoms with Crippen LogP contribution in [0, 0.1) is 0 Å². The molecule has 0 radical (unpaired) electrons. The highest BCUT2D eigenvalue weighted by Gasteiger charge is 2.52. The fourth-order valence-electron chi connectivity index (χ4n) is 2.30. The van der Waals surface area contributed by atoms with E-state index in [1.165, 1.54) is 6.92 Å². The lowest BCUT2D eigenvalue weighted by molar-refractivity contribution is -0.118. The minimum absolute atomic E-state index is 0.124. The Bertz CT molecular complexity index is 638. The first kappa shape index (κ1) is 19.3. The molecule has 0 saturated carbocycles. The van der Waals surface area contributed by atoms with E-state index < -0.39 is 18.3 Å². The van der Waals surface area contributed by atoms with Gasteiger partial charge in [-0.05, 0) is 56.9 Å². The normalized spacial score (nSPS) is 19.5. The molecule has 7 heteroatoms. The first-order valence-electron chi connectivity index (χ1n) is 7.77. The molecule has 1 aromatic rings. The maximum Gasteiger partial charge on any atom is 0.492 e. The molecule has 130 valence electrons. The summed E-state index contributed by atoms with van der Waals surface area (Å²) in [5, 5.41) is 3.88. The van der Waals surface area contributed by atoms with Crippen molar-refractivity contribution in [3.63, 3.8) is 0 Å². The molecule has 1 N–H and O–H groups in total. The third-order valence-electron chi connectivity index (χ3n) is 4.33. The number of halogens is 2. The average Bonchev–Trinajstić information content (AvgIpc) is 2.62. The highest BCUT2D eigenvalue weighted by Crippen LogP contribution is 2.38. The molecular weight excluding hydrogens is 348 g/mol. The molecule has 1 saturated heterocycles. The second kappa shape index (κ2) is 7.08. The first-order chi connectivity index (χ1) is 11.0. The number of carbonyl (C=O) groups excluding carboxylic acids is 1. The van der Waals surface area contributed by atoms with E-state index in [1.54, 1.807) is 18.2 Å². The SMILES string of the molecule is CC(=O)NCC(=Cc1cc(Cl)cc(Cl)c1)B1OC(C)(C)C(C)(C)O1. The zero-order valence-corrected chi connectivity index (χ0v) is 16.1. The molecule has 0 aromatic heterocycles. The van der Waals surface area contributed by atoms with Gasteiger partial charge in [-0.2, -0.15) is 0 Å². The molecule has 1 heterocycles. The van der Waals surface area contributed by atoms with Crippen LogP contribution >= 0.6 is 23.2 Å². The summed E-state index contributed by atoms with van der Waals surface area (Å²) in [6.45, 7) is 9.73. The molecule has 4 nitrogen and oxygen atoms in total. The zero-order valence-electron chi connectivity index (χ0n) is 14.6. The molecular formula is C17H22BCl2NO3. The summed E-state index contributed by atoms with van der Waals surface area (Å²) in [5.74, 6) is -0.124. The quantitative estimate of drug-likeness (QED) is 0.811. The largest absolute Gasteiger partial charge is 0.492 e. The van der Waals surface area contributed by atoms with E-state index >= 15 is 0 Å². The van der Waals surface area contributed by atoms with Gasteiger partial charge in [-0.1, -0.05) is 29.3 Å². The van der Waals surface area contributed by atoms with E-state index in [4.69, 9.17) is 32.5 Å². The lowest BCUT2D eigenvalue weighted by Gasteiger charge is -2.32. The molecule has 1 fully saturated rings. The highest BCUT2D eigenvalue weighted by molar-refractivity contribution is 6.56. The summed E-state index contributed by atoms with van der Waals surface area (Å²) in [6, 6.07) is 5.27. The molecule has 0 aliphatic carbocycles. The van der Waals surface area contributed by atoms with Gasteiger partial charge in [0.05, 0.1) is 11.2 Å². The molecule has 1 amide bonds. The third kappa shape index (κ3) is 4.54. The van der Waals surface area contributed by atoms with Crippen LogP contribution in [-0.2, 0) is 14.1 Å². The monoisotopic (exact) mass is 369 g/mol. The van der Waals surface area contributed by atoms with Crippen molar-refractivity contribution in [1.29, 1.82) is 0 Å². The van der Waals surface area contributed by atoms with Crippen LogP contribution < -0.4 is 5.32 Å². The van der Waals surface area contributed by atoms with E-state index in [2.05, 4.69) is 5.32 Å². The summed E-state index contributed by atoms with van der Waals surface area (Å²) < 4.78 is 12.2. The lowest BCUT2D eigenvalue weighted by Crippen LogP contribution is -2.41. The molecule has 2 rings (SSSR count). The molecule has 0 atom stereocenters. The van der Waals surface area contributed by atoms with Crippen molar-refractivity contribution in [3.8, 4) is 0 Å². The van der Waals surface area contributed by atoms with E-state index in [1.807, 2.05) is 33.8 Å². The predicted octanol–water partition coefficient (Wildman–Crippen LogP) is 4.14. The number of amides is 1. The maximum atomic E-state index is 11.3. The van der Waals surface area contributed by atoms with Crippen molar-refractivity contribution in [1.82, 2.24) is 5.32 Å². The Morgan fingerprint density at radius 3 is 2.08 bits per heavy atom. The average molecular weight is 370 g/mol. The van der Waals surface area contributed by atoms with Gasteiger partial charge in [0.2, 0.25) is 5.91 Å². The smallest absolute Gasteiger partial charge is 0.400 e. The van der Waals surface area contributed by atoms with Gasteiger partial charge in [0.25, 0.3) is 0 Å². The van der Waals surface area contributed by atoms with Gasteiger partial charge in [0.1, 0.15) is 0 Å². The summed E-state index contributed by atoms with van der Waals surface area (Å²) in [5.41, 5.74) is 0.697. The van der Waals surface area contributed by atoms with Crippen LogP contribution in [0.5, 0.6) is 0 Å². The molecule has 1 aliphatic heterocycles. The second-order valence-corrected chi connectivity index (χ2v) is 7.79. The molecule has 24 heavy (non-hydrogen) atoms. The number of nitrogens with one attached hydrogen (secondary N) is 1. The lowest BCUT2D eigenvalue weighted by atomic mass is 9.77. The van der Waals surface area contributed by atoms with Crippen molar-refractivity contribution in [2.24, 2.45) is 0 Å². The molecule has 0 bridgehead atoms. The van der Waals surface area contributed by atoms with Crippen molar-refractivity contribution in [3.05, 3.63) is 39.3 Å². The first-order valence-corrected chi connectivity index (χ1v) is 8.52. The van der Waals surface area contributed by atoms with Gasteiger partial charge >= 0.3 is 7.12 Å². The number of rotatable bonds is 4. The standard InChI is InChI=1S/C17H22BCl2NO3/c1-11(22)21-10-13(6-12-7-14(19)9-15(20)8-12)18-23-16(2,3)17(4,5)24-18/h6-9H,10H2,1-5H3,(H,21,22). The maximum absolute atomic E-state index is 11.3. The van der Waals surface area contributed by atoms with Crippen LogP contribution in [-0.4, -0.2) is 30.8 Å². The second-order valence-electron chi connectivity index (χ2n) is 6.92. The Hall–Kier alpha value is -1.01. The van der Waals surface area contributed by atoms with Crippen LogP contribution in [0.1, 0.15) is 40.2 Å². The van der Waals surface area contributed by atoms with Crippen molar-refractivity contribution >= 4 is 42.3 Å². The molecule has 0 unspecified atom stereocenters. The number of hydrogen-bond donors (Lipinski definition) is 1. The zero-order chi connectivity index (χ0) is 18.1. The Morgan fingerprint density at radius 1 is 1.12 bits per heavy atom. The predicted molar refractivity (Wildman–Crippen MR) is 99.2 cm³/mol. The summed E-state index contributed by atoms with van der Waals surface area (Å²) >= 11 is 12.1. The summed E-state index contributed by atoms with van der Waals surface area (Å²) in [4.78, 5) is 11.3. The highest BCUT2D eigenvalue weighted by atomic mass is 35.5. The van der Waals surface area contributed by atoms with Crippen LogP contribution in [0.4, 0.5) is 0 Å². The topological polar surface area (TPSA) is 47.6 Å². The van der Waals surface area contributed by atoms with Crippen LogP contribution in [0.2, 0.25) is 10.0 Å². The van der Waals surface area contributed by atoms with Gasteiger partial charge in [-0.3, -0.25) is 4.79 Å². The Balaban J connectivity index is 2.35. The van der Waals surface area contributed by atoms with E-state index in [0.717, 1.165) is 11.0 Å². The number of benzene rings is 1. The molecule has 1 aliphatic rings. The Kier molecular flexibility index (Phi) is 5.70. The minimum atomic E-state index is -0.556. The molecule has 1 aromatic carbocycles. The number of carbonyl (C=O) groups is 1. The van der Waals surface area contributed by atoms with E-state index in [-0.39, 0.29) is 5.91 Å². The number of hydrogen-bond acceptors (Lipinski definition) is 3. The minimum Gasteiger partial charge on any atom is -0.400 e. The third-order valence-corrected chi connectivity index (χ3v) is 4.77. The van der Waals surface area contributed by atoms with Gasteiger partial charge in [0, 0.05) is 23.5 Å². The fourth-order valence-corrected chi connectivity index (χ4v) is 2.84. The van der Waals surface area contributed by atoms with Gasteiger partial charge in [-0.15, -0.1) is 0 Å². The van der Waals surface area contributed by atoms with E-state index in [9.17, 15) is 4.79 Å².